The van der Waals surface area contributed by atoms with Gasteiger partial charge in [0.15, 0.2) is 0 Å². The van der Waals surface area contributed by atoms with Crippen molar-refractivity contribution >= 4 is 11.7 Å². The molecule has 3 nitrogen and oxygen atoms in total. The predicted octanol–water partition coefficient (Wildman–Crippen LogP) is 1.38. The zero-order valence-corrected chi connectivity index (χ0v) is 7.49. The molecule has 0 aliphatic heterocycles. The molecule has 0 heterocycles. The number of anilines is 1. The smallest absolute Gasteiger partial charge is 0.302 e. The van der Waals surface area contributed by atoms with E-state index in [1.807, 2.05) is 18.6 Å². The highest BCUT2D eigenvalue weighted by atomic mass is 16.5. The van der Waals surface area contributed by atoms with Crippen molar-refractivity contribution in [2.45, 2.75) is 6.92 Å². The van der Waals surface area contributed by atoms with Crippen LogP contribution in [0.15, 0.2) is 24.3 Å². The molecular formula is C10H12NO2. The van der Waals surface area contributed by atoms with Gasteiger partial charge in [-0.25, -0.2) is 0 Å². The van der Waals surface area contributed by atoms with E-state index in [0.29, 0.717) is 6.61 Å². The Kier molecular flexibility index (Phi) is 3.31. The number of hydrogen-bond acceptors (Lipinski definition) is 3. The van der Waals surface area contributed by atoms with Crippen molar-refractivity contribution in [1.29, 1.82) is 0 Å². The summed E-state index contributed by atoms with van der Waals surface area (Å²) in [6.45, 7) is 1.69. The van der Waals surface area contributed by atoms with Gasteiger partial charge in [-0.3, -0.25) is 4.79 Å². The normalized spacial score (nSPS) is 9.62. The van der Waals surface area contributed by atoms with Gasteiger partial charge in [0.05, 0.1) is 6.61 Å². The summed E-state index contributed by atoms with van der Waals surface area (Å²) < 4.78 is 4.75. The quantitative estimate of drug-likeness (QED) is 0.562. The minimum Gasteiger partial charge on any atom is -0.465 e. The lowest BCUT2D eigenvalue weighted by Gasteiger charge is -2.01. The van der Waals surface area contributed by atoms with Gasteiger partial charge in [0.25, 0.3) is 0 Å². The lowest BCUT2D eigenvalue weighted by Crippen LogP contribution is -2.01. The summed E-state index contributed by atoms with van der Waals surface area (Å²) in [5, 5.41) is 0. The van der Waals surface area contributed by atoms with Crippen LogP contribution in [-0.4, -0.2) is 12.6 Å². The lowest BCUT2D eigenvalue weighted by molar-refractivity contribution is -0.139. The second-order valence-electron chi connectivity index (χ2n) is 2.67. The highest BCUT2D eigenvalue weighted by Crippen LogP contribution is 2.07. The van der Waals surface area contributed by atoms with Crippen LogP contribution >= 0.6 is 0 Å². The third-order valence-corrected chi connectivity index (χ3v) is 1.54. The summed E-state index contributed by atoms with van der Waals surface area (Å²) >= 11 is 0. The van der Waals surface area contributed by atoms with Crippen LogP contribution in [0.4, 0.5) is 5.69 Å². The Balaban J connectivity index is 2.37. The Labute approximate surface area is 77.5 Å². The molecule has 1 aromatic carbocycles. The number of carbonyl (C=O) groups is 1. The SMILES string of the molecule is CC(=O)OC[CH]c1ccc(N)cc1. The van der Waals surface area contributed by atoms with Gasteiger partial charge < -0.3 is 10.5 Å². The first-order valence-electron chi connectivity index (χ1n) is 4.00. The number of benzene rings is 1. The maximum Gasteiger partial charge on any atom is 0.302 e. The van der Waals surface area contributed by atoms with Crippen LogP contribution in [0.1, 0.15) is 12.5 Å². The molecule has 0 aliphatic carbocycles. The molecule has 0 saturated carbocycles. The number of ether oxygens (including phenoxy) is 1. The molecule has 1 rings (SSSR count). The maximum atomic E-state index is 10.4. The third kappa shape index (κ3) is 3.60. The molecule has 13 heavy (non-hydrogen) atoms. The molecule has 69 valence electrons. The van der Waals surface area contributed by atoms with E-state index < -0.39 is 0 Å². The summed E-state index contributed by atoms with van der Waals surface area (Å²) in [6.07, 6.45) is 1.82. The van der Waals surface area contributed by atoms with Gasteiger partial charge in [0, 0.05) is 19.0 Å². The molecule has 0 aliphatic rings. The molecular weight excluding hydrogens is 166 g/mol. The number of hydrogen-bond donors (Lipinski definition) is 1. The summed E-state index contributed by atoms with van der Waals surface area (Å²) in [5.41, 5.74) is 7.23. The van der Waals surface area contributed by atoms with Crippen LogP contribution in [0.3, 0.4) is 0 Å². The molecule has 0 fully saturated rings. The average Bonchev–Trinajstić information content (AvgIpc) is 2.08. The number of rotatable bonds is 3. The number of carbonyl (C=O) groups excluding carboxylic acids is 1. The van der Waals surface area contributed by atoms with Gasteiger partial charge in [0.1, 0.15) is 0 Å². The van der Waals surface area contributed by atoms with Gasteiger partial charge in [-0.05, 0) is 17.7 Å². The van der Waals surface area contributed by atoms with Crippen molar-refractivity contribution in [2.24, 2.45) is 0 Å². The topological polar surface area (TPSA) is 52.3 Å². The molecule has 0 aromatic heterocycles. The van der Waals surface area contributed by atoms with Crippen molar-refractivity contribution in [3.8, 4) is 0 Å². The molecule has 0 unspecified atom stereocenters. The van der Waals surface area contributed by atoms with Crippen LogP contribution in [0.5, 0.6) is 0 Å². The van der Waals surface area contributed by atoms with Crippen molar-refractivity contribution in [1.82, 2.24) is 0 Å². The van der Waals surface area contributed by atoms with Crippen molar-refractivity contribution in [2.75, 3.05) is 12.3 Å². The van der Waals surface area contributed by atoms with Crippen LogP contribution in [0.25, 0.3) is 0 Å². The molecule has 3 heteroatoms. The Morgan fingerprint density at radius 2 is 2.08 bits per heavy atom. The molecule has 1 aromatic rings. The fourth-order valence-corrected chi connectivity index (χ4v) is 0.887. The summed E-state index contributed by atoms with van der Waals surface area (Å²) in [4.78, 5) is 10.4. The first-order chi connectivity index (χ1) is 6.18. The van der Waals surface area contributed by atoms with Crippen LogP contribution in [0.2, 0.25) is 0 Å². The Bertz CT molecular complexity index is 279. The fourth-order valence-electron chi connectivity index (χ4n) is 0.887. The second-order valence-corrected chi connectivity index (χ2v) is 2.67. The summed E-state index contributed by atoms with van der Waals surface area (Å²) in [6, 6.07) is 7.36. The van der Waals surface area contributed by atoms with E-state index in [-0.39, 0.29) is 5.97 Å². The number of nitrogens with two attached hydrogens (primary N) is 1. The second kappa shape index (κ2) is 4.50. The van der Waals surface area contributed by atoms with Crippen LogP contribution in [0, 0.1) is 6.42 Å². The van der Waals surface area contributed by atoms with E-state index >= 15 is 0 Å². The average molecular weight is 178 g/mol. The highest BCUT2D eigenvalue weighted by molar-refractivity contribution is 5.66. The zero-order valence-electron chi connectivity index (χ0n) is 7.49. The lowest BCUT2D eigenvalue weighted by atomic mass is 10.1. The molecule has 0 atom stereocenters. The molecule has 0 amide bonds. The minimum atomic E-state index is -0.272. The molecule has 2 N–H and O–H groups in total. The van der Waals surface area contributed by atoms with Crippen molar-refractivity contribution < 1.29 is 9.53 Å². The van der Waals surface area contributed by atoms with E-state index in [9.17, 15) is 4.79 Å². The molecule has 0 bridgehead atoms. The van der Waals surface area contributed by atoms with Gasteiger partial charge >= 0.3 is 5.97 Å². The van der Waals surface area contributed by atoms with Crippen molar-refractivity contribution in [3.63, 3.8) is 0 Å². The Hall–Kier alpha value is -1.51. The first kappa shape index (κ1) is 9.58. The highest BCUT2D eigenvalue weighted by Gasteiger charge is 1.95. The van der Waals surface area contributed by atoms with Crippen LogP contribution < -0.4 is 5.73 Å². The minimum absolute atomic E-state index is 0.272. The first-order valence-corrected chi connectivity index (χ1v) is 4.00. The molecule has 0 spiro atoms. The Morgan fingerprint density at radius 1 is 1.46 bits per heavy atom. The monoisotopic (exact) mass is 178 g/mol. The van der Waals surface area contributed by atoms with Crippen LogP contribution in [-0.2, 0) is 9.53 Å². The van der Waals surface area contributed by atoms with E-state index in [2.05, 4.69) is 0 Å². The number of nitrogen functional groups attached to an aromatic ring is 1. The predicted molar refractivity (Wildman–Crippen MR) is 50.9 cm³/mol. The summed E-state index contributed by atoms with van der Waals surface area (Å²) in [7, 11) is 0. The summed E-state index contributed by atoms with van der Waals surface area (Å²) in [5.74, 6) is -0.272. The van der Waals surface area contributed by atoms with Gasteiger partial charge in [-0.15, -0.1) is 0 Å². The van der Waals surface area contributed by atoms with Gasteiger partial charge in [-0.2, -0.15) is 0 Å². The molecule has 1 radical (unpaired) electrons. The van der Waals surface area contributed by atoms with E-state index in [1.165, 1.54) is 6.92 Å². The zero-order chi connectivity index (χ0) is 9.68. The van der Waals surface area contributed by atoms with E-state index in [0.717, 1.165) is 11.3 Å². The maximum absolute atomic E-state index is 10.4. The van der Waals surface area contributed by atoms with E-state index in [1.54, 1.807) is 12.1 Å². The fraction of sp³-hybridized carbons (Fsp3) is 0.200. The van der Waals surface area contributed by atoms with Crippen molar-refractivity contribution in [3.05, 3.63) is 36.2 Å². The van der Waals surface area contributed by atoms with E-state index in [4.69, 9.17) is 10.5 Å². The standard InChI is InChI=1S/C10H12NO2/c1-8(12)13-7-6-9-2-4-10(11)5-3-9/h2-6H,7,11H2,1H3. The van der Waals surface area contributed by atoms with Gasteiger partial charge in [0.2, 0.25) is 0 Å². The largest absolute Gasteiger partial charge is 0.465 e. The van der Waals surface area contributed by atoms with Gasteiger partial charge in [-0.1, -0.05) is 12.1 Å². The number of esters is 1. The Morgan fingerprint density at radius 3 is 2.62 bits per heavy atom. The molecule has 0 saturated heterocycles. The third-order valence-electron chi connectivity index (χ3n) is 1.54.